The highest BCUT2D eigenvalue weighted by atomic mass is 35.5. The first-order valence-corrected chi connectivity index (χ1v) is 7.62. The third kappa shape index (κ3) is 5.59. The van der Waals surface area contributed by atoms with Crippen molar-refractivity contribution in [3.8, 4) is 5.88 Å². The minimum absolute atomic E-state index is 0. The number of aliphatic hydroxyl groups excluding tert-OH is 2. The van der Waals surface area contributed by atoms with Gasteiger partial charge in [-0.15, -0.1) is 12.4 Å². The van der Waals surface area contributed by atoms with E-state index in [1.807, 2.05) is 19.1 Å². The Bertz CT molecular complexity index is 533. The highest BCUT2D eigenvalue weighted by Crippen LogP contribution is 2.38. The Balaban J connectivity index is 0.00000288. The molecule has 0 radical (unpaired) electrons. The van der Waals surface area contributed by atoms with Gasteiger partial charge in [-0.2, -0.15) is 0 Å². The quantitative estimate of drug-likeness (QED) is 0.653. The van der Waals surface area contributed by atoms with Crippen LogP contribution in [-0.4, -0.2) is 60.2 Å². The summed E-state index contributed by atoms with van der Waals surface area (Å²) >= 11 is 0. The summed E-state index contributed by atoms with van der Waals surface area (Å²) in [4.78, 5) is 15.9. The number of rotatable bonds is 7. The molecular weight excluding hydrogens is 336 g/mol. The predicted octanol–water partition coefficient (Wildman–Crippen LogP) is 0.455. The van der Waals surface area contributed by atoms with E-state index in [2.05, 4.69) is 10.3 Å². The van der Waals surface area contributed by atoms with E-state index in [0.717, 1.165) is 5.69 Å². The highest BCUT2D eigenvalue weighted by Gasteiger charge is 2.45. The molecule has 1 aromatic heterocycles. The maximum Gasteiger partial charge on any atom is 0.246 e. The molecule has 1 saturated carbocycles. The summed E-state index contributed by atoms with van der Waals surface area (Å²) < 4.78 is 10.5. The third-order valence-corrected chi connectivity index (χ3v) is 4.05. The summed E-state index contributed by atoms with van der Waals surface area (Å²) in [5.74, 6) is 0.250. The van der Waals surface area contributed by atoms with Crippen LogP contribution in [0.15, 0.2) is 18.2 Å². The van der Waals surface area contributed by atoms with Gasteiger partial charge >= 0.3 is 0 Å². The summed E-state index contributed by atoms with van der Waals surface area (Å²) in [5, 5.41) is 22.5. The van der Waals surface area contributed by atoms with Crippen LogP contribution in [0.3, 0.4) is 0 Å². The normalized spacial score (nSPS) is 25.8. The smallest absolute Gasteiger partial charge is 0.246 e. The van der Waals surface area contributed by atoms with Crippen LogP contribution in [-0.2, 0) is 9.53 Å². The molecule has 0 bridgehead atoms. The van der Waals surface area contributed by atoms with Crippen molar-refractivity contribution in [1.82, 2.24) is 10.3 Å². The molecule has 3 N–H and O–H groups in total. The number of aliphatic hydroxyl groups is 2. The number of pyridine rings is 1. The van der Waals surface area contributed by atoms with Gasteiger partial charge in [0.15, 0.2) is 0 Å². The van der Waals surface area contributed by atoms with E-state index in [-0.39, 0.29) is 31.5 Å². The minimum Gasteiger partial charge on any atom is -0.477 e. The number of amides is 1. The number of ether oxygens (including phenoxy) is 2. The number of aromatic nitrogens is 1. The molecule has 1 aliphatic carbocycles. The Labute approximate surface area is 147 Å². The van der Waals surface area contributed by atoms with Gasteiger partial charge in [0.05, 0.1) is 18.8 Å². The van der Waals surface area contributed by atoms with Crippen LogP contribution in [0.2, 0.25) is 0 Å². The number of aryl methyl sites for hydroxylation is 1. The van der Waals surface area contributed by atoms with Crippen LogP contribution in [0.1, 0.15) is 18.5 Å². The summed E-state index contributed by atoms with van der Waals surface area (Å²) in [6.07, 6.45) is -0.924. The van der Waals surface area contributed by atoms with E-state index >= 15 is 0 Å². The molecule has 1 aromatic rings. The van der Waals surface area contributed by atoms with Crippen LogP contribution >= 0.6 is 12.4 Å². The van der Waals surface area contributed by atoms with E-state index in [1.54, 1.807) is 6.07 Å². The van der Waals surface area contributed by atoms with Crippen LogP contribution in [0.4, 0.5) is 0 Å². The first-order chi connectivity index (χ1) is 10.9. The van der Waals surface area contributed by atoms with Crippen molar-refractivity contribution < 1.29 is 24.5 Å². The summed E-state index contributed by atoms with van der Waals surface area (Å²) in [7, 11) is 1.45. The zero-order chi connectivity index (χ0) is 16.9. The van der Waals surface area contributed by atoms with E-state index in [0.29, 0.717) is 25.3 Å². The number of methoxy groups -OCH3 is 1. The zero-order valence-corrected chi connectivity index (χ0v) is 14.7. The topological polar surface area (TPSA) is 101 Å². The van der Waals surface area contributed by atoms with Crippen molar-refractivity contribution in [1.29, 1.82) is 0 Å². The lowest BCUT2D eigenvalue weighted by atomic mass is 9.86. The molecule has 3 atom stereocenters. The van der Waals surface area contributed by atoms with Crippen molar-refractivity contribution in [2.75, 3.05) is 26.9 Å². The number of halogens is 1. The van der Waals surface area contributed by atoms with Gasteiger partial charge in [-0.25, -0.2) is 4.98 Å². The maximum atomic E-state index is 11.6. The second-order valence-electron chi connectivity index (χ2n) is 6.16. The molecule has 1 fully saturated rings. The molecule has 8 heteroatoms. The first-order valence-electron chi connectivity index (χ1n) is 7.62. The van der Waals surface area contributed by atoms with Crippen LogP contribution in [0.25, 0.3) is 0 Å². The summed E-state index contributed by atoms with van der Waals surface area (Å²) in [5.41, 5.74) is 0.310. The zero-order valence-electron chi connectivity index (χ0n) is 13.9. The van der Waals surface area contributed by atoms with Gasteiger partial charge in [0.1, 0.15) is 6.61 Å². The molecule has 24 heavy (non-hydrogen) atoms. The molecule has 0 saturated heterocycles. The largest absolute Gasteiger partial charge is 0.477 e. The second-order valence-corrected chi connectivity index (χ2v) is 6.16. The Morgan fingerprint density at radius 2 is 2.04 bits per heavy atom. The van der Waals surface area contributed by atoms with Gasteiger partial charge in [-0.1, -0.05) is 6.07 Å². The fraction of sp³-hybridized carbons (Fsp3) is 0.625. The second kappa shape index (κ2) is 9.17. The van der Waals surface area contributed by atoms with Crippen LogP contribution < -0.4 is 10.1 Å². The SMILES string of the molecule is COCC(=O)NCC1(COc2cccc(C)n2)C[C@@H](O)[C@@H](O)C1.Cl. The lowest BCUT2D eigenvalue weighted by Crippen LogP contribution is -2.41. The lowest BCUT2D eigenvalue weighted by molar-refractivity contribution is -0.125. The van der Waals surface area contributed by atoms with Crippen molar-refractivity contribution in [3.63, 3.8) is 0 Å². The molecule has 7 nitrogen and oxygen atoms in total. The molecule has 1 heterocycles. The van der Waals surface area contributed by atoms with E-state index < -0.39 is 17.6 Å². The average Bonchev–Trinajstić information content (AvgIpc) is 2.79. The number of nitrogens with one attached hydrogen (secondary N) is 1. The van der Waals surface area contributed by atoms with E-state index in [1.165, 1.54) is 7.11 Å². The van der Waals surface area contributed by atoms with Gasteiger partial charge in [0.25, 0.3) is 0 Å². The van der Waals surface area contributed by atoms with Crippen LogP contribution in [0, 0.1) is 12.3 Å². The molecular formula is C16H25ClN2O5. The standard InChI is InChI=1S/C16H24N2O5.ClH/c1-11-4-3-5-15(18-11)23-10-16(6-12(19)13(20)7-16)9-17-14(21)8-22-2;/h3-5,12-13,19-20H,6-10H2,1-2H3,(H,17,21);1H/t12-,13+,16?;. The summed E-state index contributed by atoms with van der Waals surface area (Å²) in [6, 6.07) is 5.48. The molecule has 1 amide bonds. The van der Waals surface area contributed by atoms with Crippen molar-refractivity contribution in [3.05, 3.63) is 23.9 Å². The van der Waals surface area contributed by atoms with Gasteiger partial charge < -0.3 is 25.0 Å². The Hall–Kier alpha value is -1.41. The molecule has 0 aromatic carbocycles. The highest BCUT2D eigenvalue weighted by molar-refractivity contribution is 5.85. The van der Waals surface area contributed by atoms with Gasteiger partial charge in [0, 0.05) is 30.8 Å². The minimum atomic E-state index is -0.816. The van der Waals surface area contributed by atoms with Gasteiger partial charge in [-0.05, 0) is 25.8 Å². The van der Waals surface area contributed by atoms with Gasteiger partial charge in [-0.3, -0.25) is 4.79 Å². The Morgan fingerprint density at radius 1 is 1.38 bits per heavy atom. The van der Waals surface area contributed by atoms with Crippen molar-refractivity contribution in [2.24, 2.45) is 5.41 Å². The van der Waals surface area contributed by atoms with Crippen molar-refractivity contribution >= 4 is 18.3 Å². The molecule has 1 aliphatic rings. The number of hydrogen-bond acceptors (Lipinski definition) is 6. The molecule has 0 spiro atoms. The maximum absolute atomic E-state index is 11.6. The molecule has 0 aliphatic heterocycles. The average molecular weight is 361 g/mol. The Morgan fingerprint density at radius 3 is 2.62 bits per heavy atom. The molecule has 1 unspecified atom stereocenters. The van der Waals surface area contributed by atoms with Gasteiger partial charge in [0.2, 0.25) is 11.8 Å². The Kier molecular flexibility index (Phi) is 7.89. The van der Waals surface area contributed by atoms with Crippen molar-refractivity contribution in [2.45, 2.75) is 32.0 Å². The molecule has 2 rings (SSSR count). The number of carbonyl (C=O) groups excluding carboxylic acids is 1. The fourth-order valence-corrected chi connectivity index (χ4v) is 2.85. The van der Waals surface area contributed by atoms with E-state index in [4.69, 9.17) is 9.47 Å². The molecule has 136 valence electrons. The summed E-state index contributed by atoms with van der Waals surface area (Å²) in [6.45, 7) is 2.40. The predicted molar refractivity (Wildman–Crippen MR) is 90.3 cm³/mol. The van der Waals surface area contributed by atoms with Crippen LogP contribution in [0.5, 0.6) is 5.88 Å². The third-order valence-electron chi connectivity index (χ3n) is 4.05. The number of hydrogen-bond donors (Lipinski definition) is 3. The monoisotopic (exact) mass is 360 g/mol. The number of carbonyl (C=O) groups is 1. The van der Waals surface area contributed by atoms with E-state index in [9.17, 15) is 15.0 Å². The first kappa shape index (κ1) is 20.6. The lowest BCUT2D eigenvalue weighted by Gasteiger charge is -2.29. The fourth-order valence-electron chi connectivity index (χ4n) is 2.85. The number of nitrogens with zero attached hydrogens (tertiary/aromatic N) is 1.